The maximum atomic E-state index is 13.4. The molecule has 142 valence electrons. The molecule has 1 saturated heterocycles. The zero-order valence-electron chi connectivity index (χ0n) is 15.2. The molecular formula is C21H22ClFN2O2. The highest BCUT2D eigenvalue weighted by atomic mass is 35.5. The maximum Gasteiger partial charge on any atom is 0.225 e. The third-order valence-electron chi connectivity index (χ3n) is 4.92. The van der Waals surface area contributed by atoms with Crippen molar-refractivity contribution in [3.63, 3.8) is 0 Å². The number of carbonyl (C=O) groups excluding carboxylic acids is 2. The third kappa shape index (κ3) is 5.07. The van der Waals surface area contributed by atoms with Gasteiger partial charge in [-0.2, -0.15) is 0 Å². The second-order valence-electron chi connectivity index (χ2n) is 6.92. The molecule has 27 heavy (non-hydrogen) atoms. The summed E-state index contributed by atoms with van der Waals surface area (Å²) in [6.45, 7) is 3.01. The highest BCUT2D eigenvalue weighted by Gasteiger charge is 2.30. The Morgan fingerprint density at radius 1 is 1.26 bits per heavy atom. The molecular weight excluding hydrogens is 367 g/mol. The van der Waals surface area contributed by atoms with E-state index in [1.54, 1.807) is 23.1 Å². The number of amides is 2. The molecule has 1 aliphatic rings. The Balaban J connectivity index is 1.59. The van der Waals surface area contributed by atoms with Crippen molar-refractivity contribution in [1.82, 2.24) is 10.2 Å². The minimum atomic E-state index is -0.317. The van der Waals surface area contributed by atoms with Crippen LogP contribution in [0.2, 0.25) is 5.02 Å². The molecule has 0 radical (unpaired) electrons. The van der Waals surface area contributed by atoms with Crippen molar-refractivity contribution in [1.29, 1.82) is 0 Å². The van der Waals surface area contributed by atoms with Crippen molar-refractivity contribution in [2.45, 2.75) is 32.9 Å². The lowest BCUT2D eigenvalue weighted by molar-refractivity contribution is -0.139. The van der Waals surface area contributed by atoms with Crippen molar-refractivity contribution in [3.05, 3.63) is 70.0 Å². The van der Waals surface area contributed by atoms with E-state index in [9.17, 15) is 14.0 Å². The first-order valence-electron chi connectivity index (χ1n) is 8.97. The van der Waals surface area contributed by atoms with Gasteiger partial charge in [0.1, 0.15) is 5.82 Å². The van der Waals surface area contributed by atoms with Crippen LogP contribution in [-0.2, 0) is 22.7 Å². The van der Waals surface area contributed by atoms with Crippen LogP contribution in [0, 0.1) is 18.7 Å². The minimum absolute atomic E-state index is 0.0509. The zero-order valence-corrected chi connectivity index (χ0v) is 15.9. The second kappa shape index (κ2) is 8.53. The molecule has 1 N–H and O–H groups in total. The highest BCUT2D eigenvalue weighted by Crippen LogP contribution is 2.21. The van der Waals surface area contributed by atoms with E-state index in [4.69, 9.17) is 11.6 Å². The molecule has 6 heteroatoms. The van der Waals surface area contributed by atoms with Crippen LogP contribution in [0.25, 0.3) is 0 Å². The number of halogens is 2. The summed E-state index contributed by atoms with van der Waals surface area (Å²) in [5.74, 6) is -0.631. The lowest BCUT2D eigenvalue weighted by Gasteiger charge is -2.32. The van der Waals surface area contributed by atoms with E-state index in [0.717, 1.165) is 16.7 Å². The lowest BCUT2D eigenvalue weighted by Crippen LogP contribution is -2.45. The summed E-state index contributed by atoms with van der Waals surface area (Å²) in [5.41, 5.74) is 2.66. The monoisotopic (exact) mass is 388 g/mol. The molecule has 3 rings (SSSR count). The van der Waals surface area contributed by atoms with E-state index < -0.39 is 0 Å². The van der Waals surface area contributed by atoms with Gasteiger partial charge in [-0.15, -0.1) is 0 Å². The van der Waals surface area contributed by atoms with Gasteiger partial charge in [-0.05, 0) is 54.3 Å². The summed E-state index contributed by atoms with van der Waals surface area (Å²) in [4.78, 5) is 26.5. The van der Waals surface area contributed by atoms with Gasteiger partial charge in [0.05, 0.1) is 5.92 Å². The Kier molecular flexibility index (Phi) is 6.11. The Morgan fingerprint density at radius 3 is 2.74 bits per heavy atom. The Bertz CT molecular complexity index is 839. The van der Waals surface area contributed by atoms with Crippen molar-refractivity contribution in [2.75, 3.05) is 6.54 Å². The molecule has 1 atom stereocenters. The lowest BCUT2D eigenvalue weighted by atomic mass is 9.96. The smallest absolute Gasteiger partial charge is 0.225 e. The van der Waals surface area contributed by atoms with Crippen LogP contribution in [0.3, 0.4) is 0 Å². The van der Waals surface area contributed by atoms with Crippen molar-refractivity contribution in [2.24, 2.45) is 5.92 Å². The fourth-order valence-corrected chi connectivity index (χ4v) is 3.38. The summed E-state index contributed by atoms with van der Waals surface area (Å²) < 4.78 is 13.4. The Hall–Kier alpha value is -2.40. The molecule has 0 saturated carbocycles. The predicted octanol–water partition coefficient (Wildman–Crippen LogP) is 3.84. The molecule has 1 fully saturated rings. The van der Waals surface area contributed by atoms with Gasteiger partial charge in [-0.25, -0.2) is 4.39 Å². The van der Waals surface area contributed by atoms with Crippen LogP contribution in [0.4, 0.5) is 4.39 Å². The number of carbonyl (C=O) groups is 2. The van der Waals surface area contributed by atoms with Crippen molar-refractivity contribution >= 4 is 23.4 Å². The molecule has 0 spiro atoms. The van der Waals surface area contributed by atoms with Gasteiger partial charge < -0.3 is 10.2 Å². The fourth-order valence-electron chi connectivity index (χ4n) is 3.25. The van der Waals surface area contributed by atoms with E-state index in [2.05, 4.69) is 5.32 Å². The first kappa shape index (κ1) is 19.4. The van der Waals surface area contributed by atoms with Gasteiger partial charge in [0.15, 0.2) is 0 Å². The molecule has 0 bridgehead atoms. The number of benzene rings is 2. The molecule has 4 nitrogen and oxygen atoms in total. The molecule has 2 aromatic carbocycles. The van der Waals surface area contributed by atoms with Gasteiger partial charge in [-0.3, -0.25) is 9.59 Å². The highest BCUT2D eigenvalue weighted by molar-refractivity contribution is 6.30. The third-order valence-corrected chi connectivity index (χ3v) is 5.17. The number of aryl methyl sites for hydroxylation is 1. The standard InChI is InChI=1S/C21H22ClFN2O2/c1-14-2-8-19(23)10-17(14)11-24-21(27)16-5-9-20(26)25(13-16)12-15-3-6-18(22)7-4-15/h2-4,6-8,10,16H,5,9,11-13H2,1H3,(H,24,27). The number of nitrogens with one attached hydrogen (secondary N) is 1. The van der Waals surface area contributed by atoms with Gasteiger partial charge in [0, 0.05) is 31.1 Å². The number of hydrogen-bond donors (Lipinski definition) is 1. The van der Waals surface area contributed by atoms with E-state index in [1.807, 2.05) is 19.1 Å². The largest absolute Gasteiger partial charge is 0.352 e. The molecule has 1 unspecified atom stereocenters. The topological polar surface area (TPSA) is 49.4 Å². The van der Waals surface area contributed by atoms with Crippen molar-refractivity contribution in [3.8, 4) is 0 Å². The van der Waals surface area contributed by atoms with Crippen LogP contribution in [0.1, 0.15) is 29.5 Å². The Labute approximate surface area is 163 Å². The van der Waals surface area contributed by atoms with Crippen LogP contribution in [0.15, 0.2) is 42.5 Å². The van der Waals surface area contributed by atoms with E-state index in [0.29, 0.717) is 31.0 Å². The molecule has 2 aromatic rings. The van der Waals surface area contributed by atoms with Gasteiger partial charge in [0.2, 0.25) is 11.8 Å². The molecule has 1 aliphatic heterocycles. The number of rotatable bonds is 5. The predicted molar refractivity (Wildman–Crippen MR) is 103 cm³/mol. The summed E-state index contributed by atoms with van der Waals surface area (Å²) in [7, 11) is 0. The van der Waals surface area contributed by atoms with E-state index in [-0.39, 0.29) is 30.1 Å². The summed E-state index contributed by atoms with van der Waals surface area (Å²) in [5, 5.41) is 3.53. The summed E-state index contributed by atoms with van der Waals surface area (Å²) in [6, 6.07) is 11.9. The van der Waals surface area contributed by atoms with Crippen LogP contribution in [0.5, 0.6) is 0 Å². The summed E-state index contributed by atoms with van der Waals surface area (Å²) in [6.07, 6.45) is 0.884. The van der Waals surface area contributed by atoms with Crippen molar-refractivity contribution < 1.29 is 14.0 Å². The molecule has 0 aromatic heterocycles. The van der Waals surface area contributed by atoms with Gasteiger partial charge >= 0.3 is 0 Å². The molecule has 0 aliphatic carbocycles. The zero-order chi connectivity index (χ0) is 19.4. The number of nitrogens with zero attached hydrogens (tertiary/aromatic N) is 1. The van der Waals surface area contributed by atoms with Gasteiger partial charge in [0.25, 0.3) is 0 Å². The summed E-state index contributed by atoms with van der Waals surface area (Å²) >= 11 is 5.90. The van der Waals surface area contributed by atoms with E-state index >= 15 is 0 Å². The van der Waals surface area contributed by atoms with Crippen LogP contribution < -0.4 is 5.32 Å². The normalized spacial score (nSPS) is 17.1. The second-order valence-corrected chi connectivity index (χ2v) is 7.36. The average Bonchev–Trinajstić information content (AvgIpc) is 2.65. The number of piperidine rings is 1. The average molecular weight is 389 g/mol. The fraction of sp³-hybridized carbons (Fsp3) is 0.333. The van der Waals surface area contributed by atoms with E-state index in [1.165, 1.54) is 12.1 Å². The minimum Gasteiger partial charge on any atom is -0.352 e. The number of hydrogen-bond acceptors (Lipinski definition) is 2. The number of likely N-dealkylation sites (tertiary alicyclic amines) is 1. The van der Waals surface area contributed by atoms with Crippen LogP contribution in [-0.4, -0.2) is 23.3 Å². The SMILES string of the molecule is Cc1ccc(F)cc1CNC(=O)C1CCC(=O)N(Cc2ccc(Cl)cc2)C1. The quantitative estimate of drug-likeness (QED) is 0.845. The Morgan fingerprint density at radius 2 is 2.00 bits per heavy atom. The van der Waals surface area contributed by atoms with Gasteiger partial charge in [-0.1, -0.05) is 29.8 Å². The maximum absolute atomic E-state index is 13.4. The first-order chi connectivity index (χ1) is 12.9. The molecule has 2 amide bonds. The van der Waals surface area contributed by atoms with Crippen LogP contribution >= 0.6 is 11.6 Å². The molecule has 1 heterocycles. The first-order valence-corrected chi connectivity index (χ1v) is 9.35.